The van der Waals surface area contributed by atoms with Crippen molar-refractivity contribution >= 4 is 23.4 Å². The van der Waals surface area contributed by atoms with Crippen LogP contribution >= 0.6 is 11.6 Å². The molecule has 6 heteroatoms. The van der Waals surface area contributed by atoms with E-state index < -0.39 is 0 Å². The molecule has 0 saturated carbocycles. The third kappa shape index (κ3) is 4.51. The molecule has 1 heterocycles. The van der Waals surface area contributed by atoms with Crippen LogP contribution in [0.4, 0.5) is 0 Å². The molecule has 3 rings (SSSR count). The Morgan fingerprint density at radius 3 is 2.28 bits per heavy atom. The van der Waals surface area contributed by atoms with Crippen molar-refractivity contribution in [3.8, 4) is 5.75 Å². The second kappa shape index (κ2) is 8.03. The molecule has 2 amide bonds. The zero-order chi connectivity index (χ0) is 17.6. The van der Waals surface area contributed by atoms with Crippen molar-refractivity contribution in [1.82, 2.24) is 9.80 Å². The van der Waals surface area contributed by atoms with Gasteiger partial charge < -0.3 is 14.5 Å². The first kappa shape index (κ1) is 17.3. The first-order valence-corrected chi connectivity index (χ1v) is 8.52. The van der Waals surface area contributed by atoms with Gasteiger partial charge in [0.2, 0.25) is 0 Å². The van der Waals surface area contributed by atoms with Crippen molar-refractivity contribution in [2.24, 2.45) is 0 Å². The van der Waals surface area contributed by atoms with Crippen molar-refractivity contribution in [2.45, 2.75) is 0 Å². The molecule has 25 heavy (non-hydrogen) atoms. The summed E-state index contributed by atoms with van der Waals surface area (Å²) in [5, 5.41) is 0.568. The molecule has 130 valence electrons. The number of carbonyl (C=O) groups excluding carboxylic acids is 2. The number of amides is 2. The molecule has 0 atom stereocenters. The van der Waals surface area contributed by atoms with E-state index in [0.29, 0.717) is 42.5 Å². The Labute approximate surface area is 151 Å². The molecular formula is C19H19ClN2O3. The van der Waals surface area contributed by atoms with Gasteiger partial charge in [0.1, 0.15) is 5.75 Å². The van der Waals surface area contributed by atoms with E-state index >= 15 is 0 Å². The average molecular weight is 359 g/mol. The van der Waals surface area contributed by atoms with E-state index in [1.807, 2.05) is 18.2 Å². The number of benzene rings is 2. The lowest BCUT2D eigenvalue weighted by Crippen LogP contribution is -2.51. The summed E-state index contributed by atoms with van der Waals surface area (Å²) in [4.78, 5) is 28.2. The summed E-state index contributed by atoms with van der Waals surface area (Å²) in [6, 6.07) is 16.1. The van der Waals surface area contributed by atoms with Crippen LogP contribution in [0, 0.1) is 0 Å². The zero-order valence-electron chi connectivity index (χ0n) is 13.7. The molecule has 0 unspecified atom stereocenters. The number of piperazine rings is 1. The fourth-order valence-corrected chi connectivity index (χ4v) is 2.90. The van der Waals surface area contributed by atoms with E-state index in [4.69, 9.17) is 16.3 Å². The molecule has 2 aromatic rings. The van der Waals surface area contributed by atoms with Gasteiger partial charge in [-0.2, -0.15) is 0 Å². The summed E-state index contributed by atoms with van der Waals surface area (Å²) in [5.74, 6) is 0.480. The van der Waals surface area contributed by atoms with E-state index in [0.717, 1.165) is 0 Å². The lowest BCUT2D eigenvalue weighted by molar-refractivity contribution is -0.134. The normalized spacial score (nSPS) is 14.3. The van der Waals surface area contributed by atoms with Gasteiger partial charge in [0.25, 0.3) is 11.8 Å². The van der Waals surface area contributed by atoms with Gasteiger partial charge >= 0.3 is 0 Å². The molecule has 0 spiro atoms. The third-order valence-electron chi connectivity index (χ3n) is 4.10. The average Bonchev–Trinajstić information content (AvgIpc) is 2.66. The number of carbonyl (C=O) groups is 2. The largest absolute Gasteiger partial charge is 0.484 e. The molecule has 0 radical (unpaired) electrons. The highest BCUT2D eigenvalue weighted by molar-refractivity contribution is 6.30. The minimum atomic E-state index is -0.0909. The van der Waals surface area contributed by atoms with Gasteiger partial charge in [-0.1, -0.05) is 35.9 Å². The van der Waals surface area contributed by atoms with E-state index in [2.05, 4.69) is 0 Å². The Balaban J connectivity index is 1.48. The summed E-state index contributed by atoms with van der Waals surface area (Å²) in [6.07, 6.45) is 0. The van der Waals surface area contributed by atoms with Gasteiger partial charge in [-0.15, -0.1) is 0 Å². The van der Waals surface area contributed by atoms with E-state index in [9.17, 15) is 9.59 Å². The van der Waals surface area contributed by atoms with E-state index in [-0.39, 0.29) is 18.4 Å². The van der Waals surface area contributed by atoms with Gasteiger partial charge in [0, 0.05) is 36.8 Å². The smallest absolute Gasteiger partial charge is 0.260 e. The lowest BCUT2D eigenvalue weighted by atomic mass is 10.2. The first-order valence-electron chi connectivity index (χ1n) is 8.14. The highest BCUT2D eigenvalue weighted by Crippen LogP contribution is 2.17. The van der Waals surface area contributed by atoms with Crippen LogP contribution in [0.3, 0.4) is 0 Å². The highest BCUT2D eigenvalue weighted by atomic mass is 35.5. The molecule has 1 saturated heterocycles. The molecule has 0 aromatic heterocycles. The molecule has 1 aliphatic heterocycles. The van der Waals surface area contributed by atoms with Crippen LogP contribution in [0.25, 0.3) is 0 Å². The van der Waals surface area contributed by atoms with Crippen LogP contribution in [-0.2, 0) is 4.79 Å². The second-order valence-corrected chi connectivity index (χ2v) is 6.22. The minimum Gasteiger partial charge on any atom is -0.484 e. The molecule has 1 aliphatic rings. The fraction of sp³-hybridized carbons (Fsp3) is 0.263. The van der Waals surface area contributed by atoms with Crippen LogP contribution in [0.15, 0.2) is 54.6 Å². The minimum absolute atomic E-state index is 0.00266. The maximum absolute atomic E-state index is 12.4. The van der Waals surface area contributed by atoms with Crippen molar-refractivity contribution < 1.29 is 14.3 Å². The Bertz CT molecular complexity index is 743. The Kier molecular flexibility index (Phi) is 5.56. The van der Waals surface area contributed by atoms with Crippen LogP contribution in [0.5, 0.6) is 5.75 Å². The van der Waals surface area contributed by atoms with E-state index in [1.165, 1.54) is 0 Å². The van der Waals surface area contributed by atoms with Gasteiger partial charge in [0.05, 0.1) is 0 Å². The summed E-state index contributed by atoms with van der Waals surface area (Å²) in [7, 11) is 0. The van der Waals surface area contributed by atoms with Crippen molar-refractivity contribution in [1.29, 1.82) is 0 Å². The summed E-state index contributed by atoms with van der Waals surface area (Å²) in [6.45, 7) is 2.03. The van der Waals surface area contributed by atoms with Gasteiger partial charge in [-0.05, 0) is 30.3 Å². The molecule has 0 aliphatic carbocycles. The number of halogens is 1. The molecule has 0 N–H and O–H groups in total. The van der Waals surface area contributed by atoms with Gasteiger partial charge in [-0.25, -0.2) is 0 Å². The van der Waals surface area contributed by atoms with Gasteiger partial charge in [-0.3, -0.25) is 9.59 Å². The molecule has 1 fully saturated rings. The standard InChI is InChI=1S/C19H19ClN2O3/c20-16-7-4-8-17(13-16)25-14-18(23)21-9-11-22(12-10-21)19(24)15-5-2-1-3-6-15/h1-8,13H,9-12,14H2. The maximum atomic E-state index is 12.4. The number of hydrogen-bond donors (Lipinski definition) is 0. The zero-order valence-corrected chi connectivity index (χ0v) is 14.5. The second-order valence-electron chi connectivity index (χ2n) is 5.79. The van der Waals surface area contributed by atoms with Crippen molar-refractivity contribution in [2.75, 3.05) is 32.8 Å². The first-order chi connectivity index (χ1) is 12.1. The van der Waals surface area contributed by atoms with Crippen molar-refractivity contribution in [3.63, 3.8) is 0 Å². The van der Waals surface area contributed by atoms with Crippen LogP contribution in [0.1, 0.15) is 10.4 Å². The van der Waals surface area contributed by atoms with E-state index in [1.54, 1.807) is 46.2 Å². The lowest BCUT2D eigenvalue weighted by Gasteiger charge is -2.34. The predicted octanol–water partition coefficient (Wildman–Crippen LogP) is 2.70. The molecule has 2 aromatic carbocycles. The van der Waals surface area contributed by atoms with Crippen LogP contribution in [0.2, 0.25) is 5.02 Å². The quantitative estimate of drug-likeness (QED) is 0.844. The summed E-state index contributed by atoms with van der Waals surface area (Å²) >= 11 is 5.89. The predicted molar refractivity (Wildman–Crippen MR) is 95.9 cm³/mol. The Morgan fingerprint density at radius 1 is 0.920 bits per heavy atom. The topological polar surface area (TPSA) is 49.9 Å². The third-order valence-corrected chi connectivity index (χ3v) is 4.33. The van der Waals surface area contributed by atoms with Crippen LogP contribution in [-0.4, -0.2) is 54.4 Å². The Morgan fingerprint density at radius 2 is 1.60 bits per heavy atom. The number of rotatable bonds is 4. The fourth-order valence-electron chi connectivity index (χ4n) is 2.72. The number of hydrogen-bond acceptors (Lipinski definition) is 3. The van der Waals surface area contributed by atoms with Crippen LogP contribution < -0.4 is 4.74 Å². The monoisotopic (exact) mass is 358 g/mol. The molecule has 0 bridgehead atoms. The summed E-state index contributed by atoms with van der Waals surface area (Å²) < 4.78 is 5.49. The SMILES string of the molecule is O=C(COc1cccc(Cl)c1)N1CCN(C(=O)c2ccccc2)CC1. The molecular weight excluding hydrogens is 340 g/mol. The molecule has 5 nitrogen and oxygen atoms in total. The highest BCUT2D eigenvalue weighted by Gasteiger charge is 2.24. The van der Waals surface area contributed by atoms with Crippen molar-refractivity contribution in [3.05, 3.63) is 65.2 Å². The summed E-state index contributed by atoms with van der Waals surface area (Å²) in [5.41, 5.74) is 0.673. The number of nitrogens with zero attached hydrogens (tertiary/aromatic N) is 2. The Hall–Kier alpha value is -2.53. The number of ether oxygens (including phenoxy) is 1. The maximum Gasteiger partial charge on any atom is 0.260 e. The van der Waals surface area contributed by atoms with Gasteiger partial charge in [0.15, 0.2) is 6.61 Å².